The fraction of sp³-hybridized carbons (Fsp3) is 0.692. The molecule has 0 radical (unpaired) electrons. The van der Waals surface area contributed by atoms with Gasteiger partial charge in [0, 0.05) is 32.0 Å². The number of nitrogens with zero attached hydrogens (tertiary/aromatic N) is 2. The molecule has 2 saturated heterocycles. The highest BCUT2D eigenvalue weighted by atomic mass is 16.6. The lowest BCUT2D eigenvalue weighted by molar-refractivity contribution is -0.102. The molecular formula is C13H19N3O2. The third-order valence-corrected chi connectivity index (χ3v) is 3.99. The normalized spacial score (nSPS) is 33.7. The van der Waals surface area contributed by atoms with Crippen molar-refractivity contribution in [2.24, 2.45) is 11.7 Å². The summed E-state index contributed by atoms with van der Waals surface area (Å²) in [6.45, 7) is 2.25. The summed E-state index contributed by atoms with van der Waals surface area (Å²) in [5.41, 5.74) is 6.20. The van der Waals surface area contributed by atoms with E-state index in [4.69, 9.17) is 15.2 Å². The molecule has 5 nitrogen and oxygen atoms in total. The van der Waals surface area contributed by atoms with E-state index in [2.05, 4.69) is 9.97 Å². The first-order valence-electron chi connectivity index (χ1n) is 6.53. The number of aromatic nitrogens is 2. The molecule has 5 heteroatoms. The van der Waals surface area contributed by atoms with Crippen molar-refractivity contribution in [3.05, 3.63) is 24.3 Å². The molecule has 0 amide bonds. The van der Waals surface area contributed by atoms with Gasteiger partial charge in [-0.2, -0.15) is 0 Å². The summed E-state index contributed by atoms with van der Waals surface area (Å²) in [6.07, 6.45) is 6.39. The predicted octanol–water partition coefficient (Wildman–Crippen LogP) is 1.06. The van der Waals surface area contributed by atoms with Gasteiger partial charge in [-0.05, 0) is 24.8 Å². The zero-order valence-corrected chi connectivity index (χ0v) is 10.4. The molecule has 0 aromatic carbocycles. The van der Waals surface area contributed by atoms with Crippen LogP contribution in [0.25, 0.3) is 0 Å². The van der Waals surface area contributed by atoms with Crippen molar-refractivity contribution < 1.29 is 9.47 Å². The van der Waals surface area contributed by atoms with Crippen LogP contribution in [0, 0.1) is 5.92 Å². The monoisotopic (exact) mass is 249 g/mol. The zero-order chi connectivity index (χ0) is 12.4. The molecule has 3 unspecified atom stereocenters. The van der Waals surface area contributed by atoms with Crippen LogP contribution in [-0.4, -0.2) is 35.4 Å². The fourth-order valence-corrected chi connectivity index (χ4v) is 2.93. The van der Waals surface area contributed by atoms with Crippen molar-refractivity contribution in [2.75, 3.05) is 19.8 Å². The van der Waals surface area contributed by atoms with E-state index >= 15 is 0 Å². The molecular weight excluding hydrogens is 230 g/mol. The smallest absolute Gasteiger partial charge is 0.145 e. The first-order chi connectivity index (χ1) is 8.79. The van der Waals surface area contributed by atoms with Crippen LogP contribution < -0.4 is 5.73 Å². The summed E-state index contributed by atoms with van der Waals surface area (Å²) >= 11 is 0. The number of nitrogens with two attached hydrogens (primary N) is 1. The van der Waals surface area contributed by atoms with Gasteiger partial charge < -0.3 is 15.2 Å². The first kappa shape index (κ1) is 12.0. The molecule has 0 saturated carbocycles. The number of ether oxygens (including phenoxy) is 2. The highest BCUT2D eigenvalue weighted by Gasteiger charge is 2.42. The maximum Gasteiger partial charge on any atom is 0.145 e. The van der Waals surface area contributed by atoms with Crippen LogP contribution in [0.1, 0.15) is 31.1 Å². The van der Waals surface area contributed by atoms with E-state index in [1.807, 2.05) is 6.07 Å². The Balaban J connectivity index is 1.72. The molecule has 1 aromatic heterocycles. The number of hydrogen-bond donors (Lipinski definition) is 1. The fourth-order valence-electron chi connectivity index (χ4n) is 2.93. The van der Waals surface area contributed by atoms with Gasteiger partial charge in [-0.25, -0.2) is 9.97 Å². The lowest BCUT2D eigenvalue weighted by atomic mass is 9.81. The minimum atomic E-state index is -0.104. The van der Waals surface area contributed by atoms with Crippen LogP contribution in [0.15, 0.2) is 18.5 Å². The minimum Gasteiger partial charge on any atom is -0.378 e. The van der Waals surface area contributed by atoms with Crippen LogP contribution >= 0.6 is 0 Å². The molecule has 2 fully saturated rings. The molecule has 2 N–H and O–H groups in total. The first-order valence-corrected chi connectivity index (χ1v) is 6.53. The Hall–Kier alpha value is -1.04. The van der Waals surface area contributed by atoms with Crippen LogP contribution in [0.5, 0.6) is 0 Å². The Morgan fingerprint density at radius 3 is 2.89 bits per heavy atom. The van der Waals surface area contributed by atoms with Crippen molar-refractivity contribution in [3.8, 4) is 0 Å². The lowest BCUT2D eigenvalue weighted by Crippen LogP contribution is -2.43. The second-order valence-electron chi connectivity index (χ2n) is 5.22. The number of hydrogen-bond acceptors (Lipinski definition) is 5. The van der Waals surface area contributed by atoms with Crippen LogP contribution in [0.2, 0.25) is 0 Å². The van der Waals surface area contributed by atoms with E-state index in [9.17, 15) is 0 Å². The minimum absolute atomic E-state index is 0.102. The van der Waals surface area contributed by atoms with Gasteiger partial charge in [0.05, 0.1) is 18.2 Å². The average Bonchev–Trinajstić information content (AvgIpc) is 2.87. The summed E-state index contributed by atoms with van der Waals surface area (Å²) in [4.78, 5) is 8.52. The van der Waals surface area contributed by atoms with Gasteiger partial charge in [-0.15, -0.1) is 0 Å². The Morgan fingerprint density at radius 2 is 2.17 bits per heavy atom. The molecule has 0 aliphatic carbocycles. The number of rotatable bonds is 2. The highest BCUT2D eigenvalue weighted by molar-refractivity contribution is 5.01. The topological polar surface area (TPSA) is 70.3 Å². The predicted molar refractivity (Wildman–Crippen MR) is 65.8 cm³/mol. The maximum atomic E-state index is 6.30. The highest BCUT2D eigenvalue weighted by Crippen LogP contribution is 2.39. The van der Waals surface area contributed by atoms with E-state index in [0.717, 1.165) is 38.3 Å². The quantitative estimate of drug-likeness (QED) is 0.848. The molecule has 0 bridgehead atoms. The van der Waals surface area contributed by atoms with Crippen molar-refractivity contribution in [1.29, 1.82) is 0 Å². The molecule has 3 heterocycles. The SMILES string of the molecule is NC(c1ncccn1)C1CCOC2(CCOC2)C1. The Kier molecular flexibility index (Phi) is 3.28. The van der Waals surface area contributed by atoms with Gasteiger partial charge >= 0.3 is 0 Å². The van der Waals surface area contributed by atoms with E-state index in [-0.39, 0.29) is 11.6 Å². The molecule has 2 aliphatic rings. The summed E-state index contributed by atoms with van der Waals surface area (Å²) in [6, 6.07) is 1.71. The summed E-state index contributed by atoms with van der Waals surface area (Å²) < 4.78 is 11.4. The van der Waals surface area contributed by atoms with E-state index < -0.39 is 0 Å². The van der Waals surface area contributed by atoms with Crippen LogP contribution in [0.3, 0.4) is 0 Å². The lowest BCUT2D eigenvalue weighted by Gasteiger charge is -2.38. The van der Waals surface area contributed by atoms with Crippen LogP contribution in [0.4, 0.5) is 0 Å². The summed E-state index contributed by atoms with van der Waals surface area (Å²) in [5.74, 6) is 1.11. The standard InChI is InChI=1S/C13H19N3O2/c14-11(12-15-4-1-5-16-12)10-2-6-18-13(8-10)3-7-17-9-13/h1,4-5,10-11H,2-3,6-9,14H2. The van der Waals surface area contributed by atoms with Gasteiger partial charge in [0.1, 0.15) is 5.82 Å². The van der Waals surface area contributed by atoms with E-state index in [0.29, 0.717) is 12.5 Å². The Morgan fingerprint density at radius 1 is 1.33 bits per heavy atom. The molecule has 18 heavy (non-hydrogen) atoms. The third-order valence-electron chi connectivity index (χ3n) is 3.99. The Bertz CT molecular complexity index is 392. The van der Waals surface area contributed by atoms with Crippen molar-refractivity contribution in [1.82, 2.24) is 9.97 Å². The second kappa shape index (κ2) is 4.91. The van der Waals surface area contributed by atoms with E-state index in [1.165, 1.54) is 0 Å². The average molecular weight is 249 g/mol. The molecule has 2 aliphatic heterocycles. The second-order valence-corrected chi connectivity index (χ2v) is 5.22. The summed E-state index contributed by atoms with van der Waals surface area (Å²) in [7, 11) is 0. The summed E-state index contributed by atoms with van der Waals surface area (Å²) in [5, 5.41) is 0. The van der Waals surface area contributed by atoms with Gasteiger partial charge in [0.15, 0.2) is 0 Å². The third kappa shape index (κ3) is 2.25. The maximum absolute atomic E-state index is 6.30. The largest absolute Gasteiger partial charge is 0.378 e. The van der Waals surface area contributed by atoms with E-state index in [1.54, 1.807) is 12.4 Å². The molecule has 1 aromatic rings. The van der Waals surface area contributed by atoms with Crippen molar-refractivity contribution >= 4 is 0 Å². The Labute approximate surface area is 107 Å². The van der Waals surface area contributed by atoms with Crippen molar-refractivity contribution in [3.63, 3.8) is 0 Å². The van der Waals surface area contributed by atoms with Gasteiger partial charge in [-0.1, -0.05) is 0 Å². The zero-order valence-electron chi connectivity index (χ0n) is 10.4. The van der Waals surface area contributed by atoms with Gasteiger partial charge in [0.25, 0.3) is 0 Å². The molecule has 3 atom stereocenters. The molecule has 1 spiro atoms. The van der Waals surface area contributed by atoms with Crippen LogP contribution in [-0.2, 0) is 9.47 Å². The molecule has 98 valence electrons. The van der Waals surface area contributed by atoms with Gasteiger partial charge in [-0.3, -0.25) is 0 Å². The van der Waals surface area contributed by atoms with Crippen molar-refractivity contribution in [2.45, 2.75) is 30.9 Å². The molecule has 3 rings (SSSR count). The van der Waals surface area contributed by atoms with Gasteiger partial charge in [0.2, 0.25) is 0 Å².